The van der Waals surface area contributed by atoms with Crippen LogP contribution in [0.1, 0.15) is 58.6 Å². The second kappa shape index (κ2) is 6.78. The molecule has 0 amide bonds. The predicted octanol–water partition coefficient (Wildman–Crippen LogP) is 4.69. The average Bonchev–Trinajstić information content (AvgIpc) is 2.37. The Morgan fingerprint density at radius 3 is 2.57 bits per heavy atom. The monoisotopic (exact) mass is 293 g/mol. The summed E-state index contributed by atoms with van der Waals surface area (Å²) in [5.74, 6) is 2.12. The molecular formula is C18H28FNO. The minimum absolute atomic E-state index is 0.160. The number of ether oxygens (including phenoxy) is 1. The van der Waals surface area contributed by atoms with Crippen LogP contribution in [-0.4, -0.2) is 6.10 Å². The van der Waals surface area contributed by atoms with Crippen molar-refractivity contribution in [1.82, 2.24) is 0 Å². The second-order valence-electron chi connectivity index (χ2n) is 6.92. The Bertz CT molecular complexity index is 472. The van der Waals surface area contributed by atoms with E-state index in [2.05, 4.69) is 20.8 Å². The zero-order valence-electron chi connectivity index (χ0n) is 13.6. The highest BCUT2D eigenvalue weighted by Crippen LogP contribution is 2.37. The van der Waals surface area contributed by atoms with Crippen LogP contribution in [0, 0.1) is 23.6 Å². The Morgan fingerprint density at radius 1 is 1.24 bits per heavy atom. The first kappa shape index (κ1) is 16.3. The molecule has 1 aliphatic carbocycles. The molecule has 1 aromatic carbocycles. The van der Waals surface area contributed by atoms with Crippen LogP contribution >= 0.6 is 0 Å². The molecule has 1 aromatic rings. The van der Waals surface area contributed by atoms with Gasteiger partial charge in [0.15, 0.2) is 0 Å². The Hall–Kier alpha value is -1.09. The summed E-state index contributed by atoms with van der Waals surface area (Å²) in [5.41, 5.74) is 6.42. The Balaban J connectivity index is 2.25. The first-order chi connectivity index (χ1) is 9.90. The first-order valence-corrected chi connectivity index (χ1v) is 8.10. The molecule has 21 heavy (non-hydrogen) atoms. The molecule has 0 aliphatic heterocycles. The molecule has 0 bridgehead atoms. The van der Waals surface area contributed by atoms with Crippen LogP contribution in [0.2, 0.25) is 0 Å². The Morgan fingerprint density at radius 2 is 1.95 bits per heavy atom. The van der Waals surface area contributed by atoms with Crippen molar-refractivity contribution in [2.75, 3.05) is 0 Å². The summed E-state index contributed by atoms with van der Waals surface area (Å²) in [6.45, 7) is 8.56. The van der Waals surface area contributed by atoms with E-state index >= 15 is 0 Å². The van der Waals surface area contributed by atoms with E-state index in [1.807, 2.05) is 6.07 Å². The lowest BCUT2D eigenvalue weighted by Gasteiger charge is -2.37. The van der Waals surface area contributed by atoms with E-state index in [4.69, 9.17) is 10.5 Å². The summed E-state index contributed by atoms with van der Waals surface area (Å²) < 4.78 is 20.3. The smallest absolute Gasteiger partial charge is 0.131 e. The van der Waals surface area contributed by atoms with Crippen molar-refractivity contribution in [1.29, 1.82) is 0 Å². The summed E-state index contributed by atoms with van der Waals surface area (Å²) in [5, 5.41) is 0. The van der Waals surface area contributed by atoms with Crippen molar-refractivity contribution in [2.24, 2.45) is 23.5 Å². The van der Waals surface area contributed by atoms with Gasteiger partial charge in [-0.1, -0.05) is 33.3 Å². The fourth-order valence-electron chi connectivity index (χ4n) is 3.48. The fourth-order valence-corrected chi connectivity index (χ4v) is 3.48. The summed E-state index contributed by atoms with van der Waals surface area (Å²) in [7, 11) is 0. The van der Waals surface area contributed by atoms with Gasteiger partial charge in [-0.05, 0) is 49.7 Å². The van der Waals surface area contributed by atoms with Gasteiger partial charge in [-0.3, -0.25) is 0 Å². The van der Waals surface area contributed by atoms with Gasteiger partial charge in [0.2, 0.25) is 0 Å². The van der Waals surface area contributed by atoms with E-state index in [1.54, 1.807) is 13.0 Å². The van der Waals surface area contributed by atoms with Gasteiger partial charge in [0.1, 0.15) is 17.7 Å². The number of rotatable bonds is 4. The molecule has 0 radical (unpaired) electrons. The summed E-state index contributed by atoms with van der Waals surface area (Å²) >= 11 is 0. The summed E-state index contributed by atoms with van der Waals surface area (Å²) in [4.78, 5) is 0. The SMILES string of the molecule is CC1CCC(C(C)C)C(Oc2cccc(F)c2C(C)N)C1. The van der Waals surface area contributed by atoms with Gasteiger partial charge in [-0.15, -0.1) is 0 Å². The third-order valence-corrected chi connectivity index (χ3v) is 4.71. The van der Waals surface area contributed by atoms with Crippen molar-refractivity contribution in [3.8, 4) is 5.75 Å². The van der Waals surface area contributed by atoms with Crippen LogP contribution in [0.3, 0.4) is 0 Å². The molecule has 1 saturated carbocycles. The van der Waals surface area contributed by atoms with E-state index in [9.17, 15) is 4.39 Å². The van der Waals surface area contributed by atoms with Crippen molar-refractivity contribution in [3.63, 3.8) is 0 Å². The van der Waals surface area contributed by atoms with Gasteiger partial charge in [0.05, 0.1) is 0 Å². The largest absolute Gasteiger partial charge is 0.490 e. The fraction of sp³-hybridized carbons (Fsp3) is 0.667. The van der Waals surface area contributed by atoms with Crippen molar-refractivity contribution < 1.29 is 9.13 Å². The normalized spacial score (nSPS) is 27.7. The van der Waals surface area contributed by atoms with E-state index in [0.717, 1.165) is 6.42 Å². The highest BCUT2D eigenvalue weighted by atomic mass is 19.1. The molecule has 0 aromatic heterocycles. The van der Waals surface area contributed by atoms with E-state index < -0.39 is 0 Å². The zero-order chi connectivity index (χ0) is 15.6. The highest BCUT2D eigenvalue weighted by molar-refractivity contribution is 5.37. The van der Waals surface area contributed by atoms with Crippen LogP contribution in [-0.2, 0) is 0 Å². The van der Waals surface area contributed by atoms with E-state index in [0.29, 0.717) is 29.1 Å². The third-order valence-electron chi connectivity index (χ3n) is 4.71. The summed E-state index contributed by atoms with van der Waals surface area (Å²) in [6.07, 6.45) is 3.64. The molecule has 4 unspecified atom stereocenters. The molecule has 2 N–H and O–H groups in total. The molecule has 1 aliphatic rings. The molecule has 1 fully saturated rings. The molecule has 4 atom stereocenters. The molecule has 2 rings (SSSR count). The lowest BCUT2D eigenvalue weighted by molar-refractivity contribution is 0.0448. The number of hydrogen-bond donors (Lipinski definition) is 1. The van der Waals surface area contributed by atoms with Gasteiger partial charge in [0.25, 0.3) is 0 Å². The summed E-state index contributed by atoms with van der Waals surface area (Å²) in [6, 6.07) is 4.64. The highest BCUT2D eigenvalue weighted by Gasteiger charge is 2.33. The molecule has 2 nitrogen and oxygen atoms in total. The Kier molecular flexibility index (Phi) is 5.26. The lowest BCUT2D eigenvalue weighted by atomic mass is 9.75. The quantitative estimate of drug-likeness (QED) is 0.874. The zero-order valence-corrected chi connectivity index (χ0v) is 13.6. The van der Waals surface area contributed by atoms with Gasteiger partial charge in [0, 0.05) is 11.6 Å². The van der Waals surface area contributed by atoms with Crippen molar-refractivity contribution >= 4 is 0 Å². The van der Waals surface area contributed by atoms with Crippen LogP contribution in [0.15, 0.2) is 18.2 Å². The number of halogens is 1. The minimum Gasteiger partial charge on any atom is -0.490 e. The van der Waals surface area contributed by atoms with Crippen LogP contribution in [0.4, 0.5) is 4.39 Å². The van der Waals surface area contributed by atoms with Gasteiger partial charge < -0.3 is 10.5 Å². The second-order valence-corrected chi connectivity index (χ2v) is 6.92. The third kappa shape index (κ3) is 3.76. The number of hydrogen-bond acceptors (Lipinski definition) is 2. The Labute approximate surface area is 127 Å². The van der Waals surface area contributed by atoms with Gasteiger partial charge in [-0.25, -0.2) is 4.39 Å². The topological polar surface area (TPSA) is 35.2 Å². The maximum atomic E-state index is 14.0. The van der Waals surface area contributed by atoms with Crippen LogP contribution < -0.4 is 10.5 Å². The van der Waals surface area contributed by atoms with Crippen molar-refractivity contribution in [3.05, 3.63) is 29.6 Å². The first-order valence-electron chi connectivity index (χ1n) is 8.10. The van der Waals surface area contributed by atoms with Crippen molar-refractivity contribution in [2.45, 2.75) is 59.1 Å². The standard InChI is InChI=1S/C18H28FNO/c1-11(2)14-9-8-12(3)10-17(14)21-16-7-5-6-15(19)18(16)13(4)20/h5-7,11-14,17H,8-10,20H2,1-4H3. The van der Waals surface area contributed by atoms with Gasteiger partial charge in [-0.2, -0.15) is 0 Å². The molecule has 0 saturated heterocycles. The lowest BCUT2D eigenvalue weighted by Crippen LogP contribution is -2.36. The average molecular weight is 293 g/mol. The molecule has 0 spiro atoms. The molecule has 118 valence electrons. The maximum absolute atomic E-state index is 14.0. The van der Waals surface area contributed by atoms with Gasteiger partial charge >= 0.3 is 0 Å². The molecular weight excluding hydrogens is 265 g/mol. The van der Waals surface area contributed by atoms with Crippen LogP contribution in [0.5, 0.6) is 5.75 Å². The number of benzene rings is 1. The van der Waals surface area contributed by atoms with Crippen LogP contribution in [0.25, 0.3) is 0 Å². The maximum Gasteiger partial charge on any atom is 0.131 e. The molecule has 3 heteroatoms. The number of nitrogens with two attached hydrogens (primary N) is 1. The predicted molar refractivity (Wildman–Crippen MR) is 84.8 cm³/mol. The van der Waals surface area contributed by atoms with E-state index in [-0.39, 0.29) is 18.0 Å². The minimum atomic E-state index is -0.361. The molecule has 0 heterocycles. The van der Waals surface area contributed by atoms with E-state index in [1.165, 1.54) is 18.9 Å².